The van der Waals surface area contributed by atoms with Crippen molar-refractivity contribution in [1.82, 2.24) is 9.55 Å². The second kappa shape index (κ2) is 6.02. The third-order valence-electron chi connectivity index (χ3n) is 3.97. The average molecular weight is 424 g/mol. The van der Waals surface area contributed by atoms with Crippen LogP contribution in [0, 0.1) is 0 Å². The molecular formula is C16H14BrN3O2S2. The topological polar surface area (TPSA) is 64.0 Å². The first-order valence-corrected chi connectivity index (χ1v) is 10.6. The highest BCUT2D eigenvalue weighted by Crippen LogP contribution is 2.29. The number of aromatic nitrogens is 2. The normalized spacial score (nSPS) is 13.9. The molecule has 5 nitrogen and oxygen atoms in total. The molecule has 0 fully saturated rings. The third kappa shape index (κ3) is 2.89. The highest BCUT2D eigenvalue weighted by molar-refractivity contribution is 9.11. The zero-order valence-corrected chi connectivity index (χ0v) is 15.8. The predicted octanol–water partition coefficient (Wildman–Crippen LogP) is 4.12. The minimum absolute atomic E-state index is 0.284. The van der Waals surface area contributed by atoms with Crippen molar-refractivity contribution in [1.29, 1.82) is 0 Å². The lowest BCUT2D eigenvalue weighted by Crippen LogP contribution is -2.11. The van der Waals surface area contributed by atoms with E-state index in [1.807, 2.05) is 18.3 Å². The molecule has 0 amide bonds. The van der Waals surface area contributed by atoms with Crippen LogP contribution in [0.25, 0.3) is 11.3 Å². The summed E-state index contributed by atoms with van der Waals surface area (Å²) in [5.41, 5.74) is 2.67. The van der Waals surface area contributed by atoms with Crippen LogP contribution in [0.3, 0.4) is 0 Å². The molecule has 1 aromatic carbocycles. The average Bonchev–Trinajstić information content (AvgIpc) is 3.24. The van der Waals surface area contributed by atoms with Crippen LogP contribution < -0.4 is 4.72 Å². The quantitative estimate of drug-likeness (QED) is 0.685. The Morgan fingerprint density at radius 2 is 1.96 bits per heavy atom. The predicted molar refractivity (Wildman–Crippen MR) is 98.8 cm³/mol. The lowest BCUT2D eigenvalue weighted by atomic mass is 10.1. The second-order valence-electron chi connectivity index (χ2n) is 5.56. The Kier molecular flexibility index (Phi) is 3.98. The van der Waals surface area contributed by atoms with E-state index in [9.17, 15) is 8.42 Å². The summed E-state index contributed by atoms with van der Waals surface area (Å²) in [7, 11) is -3.55. The van der Waals surface area contributed by atoms with Gasteiger partial charge in [-0.3, -0.25) is 4.72 Å². The number of nitrogens with zero attached hydrogens (tertiary/aromatic N) is 2. The molecule has 24 heavy (non-hydrogen) atoms. The smallest absolute Gasteiger partial charge is 0.271 e. The Bertz CT molecular complexity index is 991. The van der Waals surface area contributed by atoms with Gasteiger partial charge in [-0.25, -0.2) is 13.4 Å². The Hall–Kier alpha value is -1.64. The van der Waals surface area contributed by atoms with E-state index in [1.54, 1.807) is 24.3 Å². The number of aryl methyl sites for hydroxylation is 1. The van der Waals surface area contributed by atoms with E-state index in [0.717, 1.165) is 40.3 Å². The Morgan fingerprint density at radius 3 is 2.67 bits per heavy atom. The summed E-state index contributed by atoms with van der Waals surface area (Å²) in [6.07, 6.45) is 4.04. The molecule has 0 atom stereocenters. The van der Waals surface area contributed by atoms with Crippen molar-refractivity contribution in [2.24, 2.45) is 0 Å². The van der Waals surface area contributed by atoms with Crippen molar-refractivity contribution >= 4 is 43.0 Å². The summed E-state index contributed by atoms with van der Waals surface area (Å²) in [6.45, 7) is 0.992. The number of sulfonamides is 1. The fraction of sp³-hybridized carbons (Fsp3) is 0.188. The minimum Gasteiger partial charge on any atom is -0.328 e. The summed E-state index contributed by atoms with van der Waals surface area (Å²) in [4.78, 5) is 4.45. The number of fused-ring (bicyclic) bond motifs is 1. The molecule has 124 valence electrons. The minimum atomic E-state index is -3.55. The second-order valence-corrected chi connectivity index (χ2v) is 9.93. The van der Waals surface area contributed by atoms with Gasteiger partial charge in [-0.15, -0.1) is 11.3 Å². The van der Waals surface area contributed by atoms with Gasteiger partial charge in [0.05, 0.1) is 15.7 Å². The van der Waals surface area contributed by atoms with Crippen LogP contribution in [0.15, 0.2) is 50.6 Å². The number of benzene rings is 1. The molecule has 1 aliphatic rings. The number of anilines is 1. The van der Waals surface area contributed by atoms with Crippen LogP contribution in [0.4, 0.5) is 5.69 Å². The third-order valence-corrected chi connectivity index (χ3v) is 7.46. The first-order valence-electron chi connectivity index (χ1n) is 7.46. The molecule has 0 unspecified atom stereocenters. The van der Waals surface area contributed by atoms with Crippen molar-refractivity contribution < 1.29 is 8.42 Å². The maximum atomic E-state index is 12.3. The zero-order valence-electron chi connectivity index (χ0n) is 12.6. The van der Waals surface area contributed by atoms with Gasteiger partial charge in [-0.1, -0.05) is 12.1 Å². The maximum Gasteiger partial charge on any atom is 0.271 e. The molecule has 0 spiro atoms. The van der Waals surface area contributed by atoms with E-state index >= 15 is 0 Å². The number of hydrogen-bond acceptors (Lipinski definition) is 4. The van der Waals surface area contributed by atoms with Crippen molar-refractivity contribution in [2.75, 3.05) is 4.72 Å². The van der Waals surface area contributed by atoms with E-state index < -0.39 is 10.0 Å². The molecule has 1 N–H and O–H groups in total. The van der Waals surface area contributed by atoms with Gasteiger partial charge in [0.1, 0.15) is 10.0 Å². The van der Waals surface area contributed by atoms with Gasteiger partial charge in [0, 0.05) is 18.7 Å². The summed E-state index contributed by atoms with van der Waals surface area (Å²) in [5, 5.41) is 0. The van der Waals surface area contributed by atoms with E-state index in [-0.39, 0.29) is 4.21 Å². The SMILES string of the molecule is O=S(=O)(Nc1ccc(-c2cnc3n2CCC3)cc1)c1ccc(Br)s1. The van der Waals surface area contributed by atoms with Gasteiger partial charge in [-0.2, -0.15) is 0 Å². The standard InChI is InChI=1S/C16H14BrN3O2S2/c17-14-7-8-16(23-14)24(21,22)19-12-5-3-11(4-6-12)13-10-18-15-2-1-9-20(13)15/h3-8,10,19H,1-2,9H2. The fourth-order valence-corrected chi connectivity index (χ4v) is 5.91. The van der Waals surface area contributed by atoms with Gasteiger partial charge in [0.15, 0.2) is 0 Å². The van der Waals surface area contributed by atoms with Gasteiger partial charge in [0.25, 0.3) is 10.0 Å². The number of imidazole rings is 1. The van der Waals surface area contributed by atoms with E-state index in [4.69, 9.17) is 0 Å². The molecule has 0 saturated heterocycles. The van der Waals surface area contributed by atoms with Gasteiger partial charge >= 0.3 is 0 Å². The fourth-order valence-electron chi connectivity index (χ4n) is 2.85. The number of rotatable bonds is 4. The first kappa shape index (κ1) is 15.9. The van der Waals surface area contributed by atoms with Gasteiger partial charge in [0.2, 0.25) is 0 Å². The van der Waals surface area contributed by atoms with Crippen molar-refractivity contribution in [3.05, 3.63) is 52.2 Å². The number of thiophene rings is 1. The van der Waals surface area contributed by atoms with Crippen molar-refractivity contribution in [3.63, 3.8) is 0 Å². The van der Waals surface area contributed by atoms with Crippen LogP contribution in [0.5, 0.6) is 0 Å². The zero-order chi connectivity index (χ0) is 16.7. The van der Waals surface area contributed by atoms with E-state index in [1.165, 1.54) is 11.3 Å². The van der Waals surface area contributed by atoms with Crippen LogP contribution in [0.1, 0.15) is 12.2 Å². The molecule has 3 aromatic rings. The molecule has 8 heteroatoms. The summed E-state index contributed by atoms with van der Waals surface area (Å²) in [6, 6.07) is 10.7. The highest BCUT2D eigenvalue weighted by atomic mass is 79.9. The molecule has 0 aliphatic carbocycles. The van der Waals surface area contributed by atoms with Gasteiger partial charge in [-0.05, 0) is 52.2 Å². The highest BCUT2D eigenvalue weighted by Gasteiger charge is 2.18. The molecule has 0 bridgehead atoms. The number of halogens is 1. The van der Waals surface area contributed by atoms with Crippen LogP contribution in [-0.4, -0.2) is 18.0 Å². The lowest BCUT2D eigenvalue weighted by molar-refractivity contribution is 0.603. The van der Waals surface area contributed by atoms with Crippen LogP contribution in [0.2, 0.25) is 0 Å². The largest absolute Gasteiger partial charge is 0.328 e. The van der Waals surface area contributed by atoms with E-state index in [2.05, 4.69) is 30.2 Å². The van der Waals surface area contributed by atoms with Crippen molar-refractivity contribution in [2.45, 2.75) is 23.6 Å². The molecule has 0 radical (unpaired) electrons. The Labute approximate surface area is 152 Å². The molecule has 3 heterocycles. The monoisotopic (exact) mass is 423 g/mol. The molecular weight excluding hydrogens is 410 g/mol. The first-order chi connectivity index (χ1) is 11.5. The molecule has 0 saturated carbocycles. The number of nitrogens with one attached hydrogen (secondary N) is 1. The summed E-state index contributed by atoms with van der Waals surface area (Å²) < 4.78 is 30.6. The lowest BCUT2D eigenvalue weighted by Gasteiger charge is -2.08. The Balaban J connectivity index is 1.58. The van der Waals surface area contributed by atoms with Gasteiger partial charge < -0.3 is 4.57 Å². The van der Waals surface area contributed by atoms with Crippen molar-refractivity contribution in [3.8, 4) is 11.3 Å². The van der Waals surface area contributed by atoms with E-state index in [0.29, 0.717) is 5.69 Å². The maximum absolute atomic E-state index is 12.3. The molecule has 1 aliphatic heterocycles. The molecule has 4 rings (SSSR count). The van der Waals surface area contributed by atoms with Crippen LogP contribution >= 0.6 is 27.3 Å². The summed E-state index contributed by atoms with van der Waals surface area (Å²) in [5.74, 6) is 1.12. The van der Waals surface area contributed by atoms with Crippen LogP contribution in [-0.2, 0) is 23.0 Å². The Morgan fingerprint density at radius 1 is 1.17 bits per heavy atom. The summed E-state index contributed by atoms with van der Waals surface area (Å²) >= 11 is 4.47. The number of hydrogen-bond donors (Lipinski definition) is 1. The molecule has 2 aromatic heterocycles.